The Hall–Kier alpha value is -3.61. The second kappa shape index (κ2) is 9.29. The largest absolute Gasteiger partial charge is 0.324 e. The van der Waals surface area contributed by atoms with Crippen LogP contribution in [0.15, 0.2) is 47.5 Å². The standard InChI is InChI=1S/C26H32N8O3S/c1-16(2)33-24(35)21-14-29-25(31-23(21)34(33)20-8-10-28-22(13-20)26(3,4)5)30-19-7-6-18-15-32(38(27,36)37)11-9-17(18)12-19/h6-8,10,12-14,16H,9,11,15H2,1-5H3,(H2,27,36,37)(H,29,30,31). The van der Waals surface area contributed by atoms with E-state index in [2.05, 4.69) is 36.1 Å². The minimum absolute atomic E-state index is 0.114. The molecule has 0 amide bonds. The molecule has 0 unspecified atom stereocenters. The zero-order valence-electron chi connectivity index (χ0n) is 22.1. The summed E-state index contributed by atoms with van der Waals surface area (Å²) in [6.45, 7) is 10.8. The molecule has 4 heterocycles. The molecule has 3 aromatic heterocycles. The second-order valence-electron chi connectivity index (χ2n) is 10.9. The number of pyridine rings is 1. The first-order valence-corrected chi connectivity index (χ1v) is 14.0. The summed E-state index contributed by atoms with van der Waals surface area (Å²) in [6, 6.07) is 9.44. The number of hydrogen-bond acceptors (Lipinski definition) is 7. The molecule has 0 fully saturated rings. The highest BCUT2D eigenvalue weighted by molar-refractivity contribution is 7.86. The predicted molar refractivity (Wildman–Crippen MR) is 147 cm³/mol. The van der Waals surface area contributed by atoms with Gasteiger partial charge in [-0.05, 0) is 55.7 Å². The highest BCUT2D eigenvalue weighted by atomic mass is 32.2. The van der Waals surface area contributed by atoms with Gasteiger partial charge < -0.3 is 5.32 Å². The maximum atomic E-state index is 13.3. The third-order valence-corrected chi connectivity index (χ3v) is 7.70. The zero-order valence-corrected chi connectivity index (χ0v) is 23.0. The lowest BCUT2D eigenvalue weighted by Gasteiger charge is -2.26. The Morgan fingerprint density at radius 2 is 1.84 bits per heavy atom. The molecule has 5 rings (SSSR count). The van der Waals surface area contributed by atoms with Crippen molar-refractivity contribution in [3.63, 3.8) is 0 Å². The van der Waals surface area contributed by atoms with Crippen molar-refractivity contribution in [2.45, 2.75) is 59.0 Å². The fourth-order valence-corrected chi connectivity index (χ4v) is 5.35. The molecular weight excluding hydrogens is 504 g/mol. The second-order valence-corrected chi connectivity index (χ2v) is 12.4. The topological polar surface area (TPSA) is 141 Å². The van der Waals surface area contributed by atoms with Crippen LogP contribution in [0.4, 0.5) is 11.6 Å². The number of anilines is 2. The number of nitrogens with zero attached hydrogens (tertiary/aromatic N) is 6. The Labute approximate surface area is 221 Å². The summed E-state index contributed by atoms with van der Waals surface area (Å²) in [6.07, 6.45) is 3.86. The van der Waals surface area contributed by atoms with Gasteiger partial charge in [0.25, 0.3) is 15.8 Å². The van der Waals surface area contributed by atoms with Crippen LogP contribution in [0.25, 0.3) is 16.7 Å². The van der Waals surface area contributed by atoms with E-state index >= 15 is 0 Å². The van der Waals surface area contributed by atoms with Crippen LogP contribution >= 0.6 is 0 Å². The zero-order chi connectivity index (χ0) is 27.4. The van der Waals surface area contributed by atoms with E-state index < -0.39 is 10.2 Å². The van der Waals surface area contributed by atoms with Crippen LogP contribution in [0.3, 0.4) is 0 Å². The molecule has 0 spiro atoms. The van der Waals surface area contributed by atoms with Crippen LogP contribution in [0.2, 0.25) is 0 Å². The smallest absolute Gasteiger partial charge is 0.278 e. The minimum atomic E-state index is -3.73. The van der Waals surface area contributed by atoms with Gasteiger partial charge in [0.1, 0.15) is 5.39 Å². The van der Waals surface area contributed by atoms with E-state index in [-0.39, 0.29) is 23.6 Å². The molecule has 0 aliphatic carbocycles. The quantitative estimate of drug-likeness (QED) is 0.399. The van der Waals surface area contributed by atoms with E-state index in [1.54, 1.807) is 17.1 Å². The number of fused-ring (bicyclic) bond motifs is 2. The molecule has 38 heavy (non-hydrogen) atoms. The molecule has 0 saturated carbocycles. The van der Waals surface area contributed by atoms with Crippen molar-refractivity contribution in [1.29, 1.82) is 0 Å². The fraction of sp³-hybridized carbons (Fsp3) is 0.385. The third kappa shape index (κ3) is 4.82. The van der Waals surface area contributed by atoms with Crippen molar-refractivity contribution in [1.82, 2.24) is 28.6 Å². The lowest BCUT2D eigenvalue weighted by Crippen LogP contribution is -2.40. The summed E-state index contributed by atoms with van der Waals surface area (Å²) in [4.78, 5) is 27.1. The summed E-state index contributed by atoms with van der Waals surface area (Å²) in [7, 11) is -3.73. The lowest BCUT2D eigenvalue weighted by atomic mass is 9.91. The predicted octanol–water partition coefficient (Wildman–Crippen LogP) is 3.16. The average molecular weight is 537 g/mol. The Balaban J connectivity index is 1.55. The molecule has 4 aromatic rings. The molecule has 11 nitrogen and oxygen atoms in total. The number of nitrogens with one attached hydrogen (secondary N) is 1. The SMILES string of the molecule is CC(C)n1c(=O)c2cnc(Nc3ccc4c(c3)CCN(S(N)(=O)=O)C4)nc2n1-c1ccnc(C(C)(C)C)c1. The molecule has 1 aliphatic heterocycles. The van der Waals surface area contributed by atoms with Gasteiger partial charge in [-0.25, -0.2) is 19.5 Å². The van der Waals surface area contributed by atoms with Crippen LogP contribution < -0.4 is 16.0 Å². The first-order chi connectivity index (χ1) is 17.8. The van der Waals surface area contributed by atoms with E-state index in [1.807, 2.05) is 48.9 Å². The number of aromatic nitrogens is 5. The number of rotatable bonds is 5. The molecule has 0 saturated heterocycles. The Morgan fingerprint density at radius 3 is 2.53 bits per heavy atom. The summed E-state index contributed by atoms with van der Waals surface area (Å²) in [5.74, 6) is 0.346. The number of benzene rings is 1. The first-order valence-electron chi connectivity index (χ1n) is 12.5. The van der Waals surface area contributed by atoms with Crippen molar-refractivity contribution >= 4 is 32.9 Å². The average Bonchev–Trinajstić information content (AvgIpc) is 3.14. The van der Waals surface area contributed by atoms with E-state index in [9.17, 15) is 13.2 Å². The molecule has 0 bridgehead atoms. The molecule has 3 N–H and O–H groups in total. The number of hydrogen-bond donors (Lipinski definition) is 2. The molecule has 1 aromatic carbocycles. The summed E-state index contributed by atoms with van der Waals surface area (Å²) < 4.78 is 28.2. The Morgan fingerprint density at radius 1 is 1.08 bits per heavy atom. The number of nitrogens with two attached hydrogens (primary N) is 1. The minimum Gasteiger partial charge on any atom is -0.324 e. The van der Waals surface area contributed by atoms with Gasteiger partial charge in [0, 0.05) is 48.3 Å². The van der Waals surface area contributed by atoms with E-state index in [0.717, 1.165) is 28.2 Å². The van der Waals surface area contributed by atoms with E-state index in [1.165, 1.54) is 4.31 Å². The highest BCUT2D eigenvalue weighted by Crippen LogP contribution is 2.27. The van der Waals surface area contributed by atoms with E-state index in [0.29, 0.717) is 29.9 Å². The molecule has 0 radical (unpaired) electrons. The van der Waals surface area contributed by atoms with Crippen LogP contribution in [0.1, 0.15) is 57.5 Å². The third-order valence-electron chi connectivity index (χ3n) is 6.67. The van der Waals surface area contributed by atoms with Gasteiger partial charge in [0.2, 0.25) is 5.95 Å². The van der Waals surface area contributed by atoms with Gasteiger partial charge in [0.05, 0.1) is 5.69 Å². The summed E-state index contributed by atoms with van der Waals surface area (Å²) >= 11 is 0. The van der Waals surface area contributed by atoms with Crippen LogP contribution in [0, 0.1) is 0 Å². The van der Waals surface area contributed by atoms with Gasteiger partial charge in [-0.15, -0.1) is 0 Å². The Bertz CT molecular complexity index is 1700. The molecular formula is C26H32N8O3S. The van der Waals surface area contributed by atoms with E-state index in [4.69, 9.17) is 10.1 Å². The first kappa shape index (κ1) is 26.0. The maximum absolute atomic E-state index is 13.3. The van der Waals surface area contributed by atoms with Crippen LogP contribution in [0.5, 0.6) is 0 Å². The van der Waals surface area contributed by atoms with Crippen molar-refractivity contribution < 1.29 is 8.42 Å². The molecule has 0 atom stereocenters. The summed E-state index contributed by atoms with van der Waals surface area (Å²) in [5, 5.41) is 8.97. The normalized spacial score (nSPS) is 14.7. The maximum Gasteiger partial charge on any atom is 0.278 e. The molecule has 200 valence electrons. The van der Waals surface area contributed by atoms with Crippen molar-refractivity contribution in [3.8, 4) is 5.69 Å². The van der Waals surface area contributed by atoms with Gasteiger partial charge >= 0.3 is 0 Å². The van der Waals surface area contributed by atoms with Gasteiger partial charge in [0.15, 0.2) is 5.65 Å². The van der Waals surface area contributed by atoms with Crippen LogP contribution in [-0.4, -0.2) is 43.6 Å². The van der Waals surface area contributed by atoms with Gasteiger partial charge in [-0.1, -0.05) is 26.8 Å². The van der Waals surface area contributed by atoms with Crippen molar-refractivity contribution in [3.05, 3.63) is 69.9 Å². The fourth-order valence-electron chi connectivity index (χ4n) is 4.69. The van der Waals surface area contributed by atoms with Crippen LogP contribution in [-0.2, 0) is 28.6 Å². The summed E-state index contributed by atoms with van der Waals surface area (Å²) in [5.41, 5.74) is 4.57. The Kier molecular flexibility index (Phi) is 6.36. The molecule has 1 aliphatic rings. The lowest BCUT2D eigenvalue weighted by molar-refractivity contribution is 0.392. The highest BCUT2D eigenvalue weighted by Gasteiger charge is 2.24. The monoisotopic (exact) mass is 536 g/mol. The van der Waals surface area contributed by atoms with Gasteiger partial charge in [-0.3, -0.25) is 9.78 Å². The van der Waals surface area contributed by atoms with Crippen molar-refractivity contribution in [2.75, 3.05) is 11.9 Å². The molecule has 12 heteroatoms. The van der Waals surface area contributed by atoms with Crippen molar-refractivity contribution in [2.24, 2.45) is 5.14 Å². The van der Waals surface area contributed by atoms with Gasteiger partial charge in [-0.2, -0.15) is 17.7 Å².